The number of anilines is 1. The molecule has 3 rings (SSSR count). The van der Waals surface area contributed by atoms with Crippen molar-refractivity contribution in [3.63, 3.8) is 0 Å². The van der Waals surface area contributed by atoms with Gasteiger partial charge >= 0.3 is 0 Å². The van der Waals surface area contributed by atoms with Gasteiger partial charge in [0.05, 0.1) is 24.7 Å². The molecule has 0 saturated heterocycles. The Bertz CT molecular complexity index is 583. The van der Waals surface area contributed by atoms with Gasteiger partial charge in [0.2, 0.25) is 5.95 Å². The molecule has 2 aromatic rings. The van der Waals surface area contributed by atoms with Crippen LogP contribution in [-0.4, -0.2) is 22.1 Å². The topological polar surface area (TPSA) is 73.9 Å². The third-order valence-corrected chi connectivity index (χ3v) is 2.95. The van der Waals surface area contributed by atoms with Gasteiger partial charge in [-0.1, -0.05) is 0 Å². The number of nitrogens with zero attached hydrogens (tertiary/aromatic N) is 3. The quantitative estimate of drug-likeness (QED) is 0.794. The molecule has 0 aliphatic heterocycles. The number of pyridine rings is 1. The van der Waals surface area contributed by atoms with Crippen molar-refractivity contribution in [2.75, 3.05) is 12.8 Å². The van der Waals surface area contributed by atoms with Crippen LogP contribution in [0.5, 0.6) is 5.75 Å². The number of nitrogens with two attached hydrogens (primary N) is 1. The molecule has 0 amide bonds. The molecule has 17 heavy (non-hydrogen) atoms. The number of methoxy groups -OCH3 is 1. The zero-order chi connectivity index (χ0) is 11.8. The Morgan fingerprint density at radius 3 is 2.94 bits per heavy atom. The highest BCUT2D eigenvalue weighted by atomic mass is 16.5. The largest absolute Gasteiger partial charge is 0.495 e. The van der Waals surface area contributed by atoms with Crippen molar-refractivity contribution in [3.05, 3.63) is 29.7 Å². The van der Waals surface area contributed by atoms with Gasteiger partial charge < -0.3 is 10.5 Å². The Labute approximate surface area is 98.7 Å². The van der Waals surface area contributed by atoms with Crippen LogP contribution >= 0.6 is 0 Å². The average molecular weight is 228 g/mol. The second kappa shape index (κ2) is 3.69. The van der Waals surface area contributed by atoms with E-state index >= 15 is 0 Å². The lowest BCUT2D eigenvalue weighted by atomic mass is 9.93. The summed E-state index contributed by atoms with van der Waals surface area (Å²) in [6.45, 7) is 0. The Balaban J connectivity index is 2.22. The van der Waals surface area contributed by atoms with Gasteiger partial charge in [0.15, 0.2) is 0 Å². The van der Waals surface area contributed by atoms with E-state index in [-0.39, 0.29) is 0 Å². The van der Waals surface area contributed by atoms with E-state index in [2.05, 4.69) is 15.0 Å². The predicted molar refractivity (Wildman–Crippen MR) is 63.6 cm³/mol. The van der Waals surface area contributed by atoms with E-state index in [4.69, 9.17) is 10.5 Å². The summed E-state index contributed by atoms with van der Waals surface area (Å²) >= 11 is 0. The number of hydrogen-bond donors (Lipinski definition) is 1. The highest BCUT2D eigenvalue weighted by Crippen LogP contribution is 2.32. The van der Waals surface area contributed by atoms with Crippen LogP contribution in [0.4, 0.5) is 5.95 Å². The summed E-state index contributed by atoms with van der Waals surface area (Å²) in [4.78, 5) is 12.7. The number of aryl methyl sites for hydroxylation is 2. The molecule has 0 spiro atoms. The molecule has 2 aromatic heterocycles. The normalized spacial score (nSPS) is 12.8. The van der Waals surface area contributed by atoms with Crippen LogP contribution in [0.3, 0.4) is 0 Å². The van der Waals surface area contributed by atoms with Gasteiger partial charge in [0.25, 0.3) is 0 Å². The monoisotopic (exact) mass is 228 g/mol. The van der Waals surface area contributed by atoms with E-state index in [0.29, 0.717) is 5.95 Å². The van der Waals surface area contributed by atoms with Crippen LogP contribution < -0.4 is 10.5 Å². The lowest BCUT2D eigenvalue weighted by molar-refractivity contribution is 0.412. The summed E-state index contributed by atoms with van der Waals surface area (Å²) in [6.07, 6.45) is 5.33. The minimum Gasteiger partial charge on any atom is -0.495 e. The fourth-order valence-electron chi connectivity index (χ4n) is 2.08. The molecule has 0 bridgehead atoms. The van der Waals surface area contributed by atoms with Crippen molar-refractivity contribution in [1.29, 1.82) is 0 Å². The molecule has 0 saturated carbocycles. The third kappa shape index (κ3) is 1.60. The third-order valence-electron chi connectivity index (χ3n) is 2.95. The molecule has 2 N–H and O–H groups in total. The fourth-order valence-corrected chi connectivity index (χ4v) is 2.08. The minimum atomic E-state index is 0.291. The van der Waals surface area contributed by atoms with Crippen molar-refractivity contribution in [1.82, 2.24) is 15.0 Å². The number of rotatable bonds is 1. The number of aromatic nitrogens is 3. The van der Waals surface area contributed by atoms with Crippen molar-refractivity contribution in [3.8, 4) is 17.0 Å². The second-order valence-corrected chi connectivity index (χ2v) is 3.97. The molecule has 0 radical (unpaired) electrons. The first-order valence-electron chi connectivity index (χ1n) is 5.42. The minimum absolute atomic E-state index is 0.291. The van der Waals surface area contributed by atoms with Gasteiger partial charge in [-0.3, -0.25) is 4.98 Å². The van der Waals surface area contributed by atoms with Crippen molar-refractivity contribution in [2.45, 2.75) is 12.8 Å². The molecule has 5 heteroatoms. The molecule has 86 valence electrons. The molecular weight excluding hydrogens is 216 g/mol. The number of ether oxygens (including phenoxy) is 1. The van der Waals surface area contributed by atoms with E-state index in [1.807, 2.05) is 6.07 Å². The number of fused-ring (bicyclic) bond motifs is 3. The highest BCUT2D eigenvalue weighted by Gasteiger charge is 2.19. The van der Waals surface area contributed by atoms with E-state index < -0.39 is 0 Å². The molecule has 0 unspecified atom stereocenters. The summed E-state index contributed by atoms with van der Waals surface area (Å²) in [7, 11) is 1.63. The lowest BCUT2D eigenvalue weighted by Gasteiger charge is -2.18. The van der Waals surface area contributed by atoms with Gasteiger partial charge in [-0.05, 0) is 24.5 Å². The van der Waals surface area contributed by atoms with Crippen molar-refractivity contribution in [2.24, 2.45) is 0 Å². The SMILES string of the molecule is COc1cnc2c(c1)-c1nc(N)ncc1CC2. The Kier molecular flexibility index (Phi) is 2.18. The molecule has 0 fully saturated rings. The summed E-state index contributed by atoms with van der Waals surface area (Å²) in [5.41, 5.74) is 9.67. The first-order chi connectivity index (χ1) is 8.28. The van der Waals surface area contributed by atoms with Gasteiger partial charge in [-0.25, -0.2) is 9.97 Å². The van der Waals surface area contributed by atoms with E-state index in [1.54, 1.807) is 19.5 Å². The predicted octanol–water partition coefficient (Wildman–Crippen LogP) is 1.23. The summed E-state index contributed by atoms with van der Waals surface area (Å²) in [6, 6.07) is 1.95. The smallest absolute Gasteiger partial charge is 0.220 e. The highest BCUT2D eigenvalue weighted by molar-refractivity contribution is 5.69. The van der Waals surface area contributed by atoms with Crippen LogP contribution in [0.1, 0.15) is 11.3 Å². The molecule has 0 aromatic carbocycles. The standard InChI is InChI=1S/C12H12N4O/c1-17-8-4-9-10(14-6-8)3-2-7-5-15-12(13)16-11(7)9/h4-6H,2-3H2,1H3,(H2,13,15,16). The maximum atomic E-state index is 5.64. The van der Waals surface area contributed by atoms with Gasteiger partial charge in [-0.2, -0.15) is 0 Å². The molecule has 2 heterocycles. The van der Waals surface area contributed by atoms with E-state index in [9.17, 15) is 0 Å². The fraction of sp³-hybridized carbons (Fsp3) is 0.250. The summed E-state index contributed by atoms with van der Waals surface area (Å²) in [5, 5.41) is 0. The van der Waals surface area contributed by atoms with Crippen LogP contribution in [0.25, 0.3) is 11.3 Å². The van der Waals surface area contributed by atoms with E-state index in [0.717, 1.165) is 41.1 Å². The first kappa shape index (κ1) is 10.0. The maximum Gasteiger partial charge on any atom is 0.220 e. The van der Waals surface area contributed by atoms with Crippen molar-refractivity contribution >= 4 is 5.95 Å². The second-order valence-electron chi connectivity index (χ2n) is 3.97. The maximum absolute atomic E-state index is 5.64. The Morgan fingerprint density at radius 2 is 2.12 bits per heavy atom. The Morgan fingerprint density at radius 1 is 1.24 bits per heavy atom. The van der Waals surface area contributed by atoms with Crippen LogP contribution in [-0.2, 0) is 12.8 Å². The number of hydrogen-bond acceptors (Lipinski definition) is 5. The zero-order valence-electron chi connectivity index (χ0n) is 9.47. The summed E-state index contributed by atoms with van der Waals surface area (Å²) < 4.78 is 5.19. The molecule has 0 atom stereocenters. The van der Waals surface area contributed by atoms with Crippen LogP contribution in [0.2, 0.25) is 0 Å². The average Bonchev–Trinajstić information content (AvgIpc) is 2.38. The molecular formula is C12H12N4O. The molecule has 1 aliphatic rings. The van der Waals surface area contributed by atoms with Crippen LogP contribution in [0.15, 0.2) is 18.5 Å². The first-order valence-corrected chi connectivity index (χ1v) is 5.42. The molecule has 5 nitrogen and oxygen atoms in total. The van der Waals surface area contributed by atoms with E-state index in [1.165, 1.54) is 0 Å². The number of nitrogen functional groups attached to an aromatic ring is 1. The lowest BCUT2D eigenvalue weighted by Crippen LogP contribution is -2.10. The Hall–Kier alpha value is -2.17. The van der Waals surface area contributed by atoms with Gasteiger partial charge in [-0.15, -0.1) is 0 Å². The van der Waals surface area contributed by atoms with Gasteiger partial charge in [0, 0.05) is 11.8 Å². The summed E-state index contributed by atoms with van der Waals surface area (Å²) in [5.74, 6) is 1.02. The van der Waals surface area contributed by atoms with Crippen molar-refractivity contribution < 1.29 is 4.74 Å². The molecule has 1 aliphatic carbocycles. The van der Waals surface area contributed by atoms with Gasteiger partial charge in [0.1, 0.15) is 5.75 Å². The zero-order valence-corrected chi connectivity index (χ0v) is 9.47. The van der Waals surface area contributed by atoms with Crippen LogP contribution in [0, 0.1) is 0 Å².